The van der Waals surface area contributed by atoms with Crippen LogP contribution in [-0.4, -0.2) is 101 Å². The first-order valence-electron chi connectivity index (χ1n) is 13.3. The van der Waals surface area contributed by atoms with E-state index in [-0.39, 0.29) is 10.7 Å². The van der Waals surface area contributed by atoms with Gasteiger partial charge in [0.25, 0.3) is 0 Å². The molecule has 0 spiro atoms. The van der Waals surface area contributed by atoms with E-state index in [1.165, 1.54) is 36.4 Å². The lowest BCUT2D eigenvalue weighted by molar-refractivity contribution is 0.0369. The van der Waals surface area contributed by atoms with Gasteiger partial charge in [-0.05, 0) is 30.7 Å². The van der Waals surface area contributed by atoms with Crippen LogP contribution in [0, 0.1) is 5.82 Å². The number of methoxy groups -OCH3 is 2. The molecule has 0 N–H and O–H groups in total. The molecule has 0 saturated carbocycles. The standard InChI is InChI=1S/C27H35FN4O6S2/c1-35-25-16-20(22(28)18-26(25)36-2)19-39-27-29-23-17-21(40(33,34)31-10-14-38-15-11-31)4-5-24(23)32(27)7-3-6-30-8-12-37-13-9-30/h4-5,16-18H,3,6-15,19H2,1-2H3. The Morgan fingerprint density at radius 1 is 0.950 bits per heavy atom. The van der Waals surface area contributed by atoms with Crippen LogP contribution in [0.5, 0.6) is 11.5 Å². The highest BCUT2D eigenvalue weighted by Crippen LogP contribution is 2.34. The summed E-state index contributed by atoms with van der Waals surface area (Å²) < 4.78 is 66.3. The van der Waals surface area contributed by atoms with Crippen molar-refractivity contribution in [2.24, 2.45) is 0 Å². The number of benzene rings is 2. The number of morpholine rings is 2. The van der Waals surface area contributed by atoms with Crippen molar-refractivity contribution in [2.45, 2.75) is 28.8 Å². The molecule has 2 aliphatic heterocycles. The molecule has 2 aromatic carbocycles. The fourth-order valence-electron chi connectivity index (χ4n) is 4.94. The molecule has 5 rings (SSSR count). The van der Waals surface area contributed by atoms with Crippen LogP contribution in [0.4, 0.5) is 4.39 Å². The van der Waals surface area contributed by atoms with Crippen LogP contribution in [0.25, 0.3) is 11.0 Å². The predicted octanol–water partition coefficient (Wildman–Crippen LogP) is 3.23. The molecule has 0 radical (unpaired) electrons. The van der Waals surface area contributed by atoms with Gasteiger partial charge in [0.05, 0.1) is 56.6 Å². The van der Waals surface area contributed by atoms with E-state index in [1.807, 2.05) is 6.07 Å². The number of hydrogen-bond donors (Lipinski definition) is 0. The Bertz CT molecular complexity index is 1420. The lowest BCUT2D eigenvalue weighted by Gasteiger charge is -2.26. The van der Waals surface area contributed by atoms with E-state index >= 15 is 0 Å². The Morgan fingerprint density at radius 2 is 1.62 bits per heavy atom. The summed E-state index contributed by atoms with van der Waals surface area (Å²) in [6.07, 6.45) is 0.886. The van der Waals surface area contributed by atoms with Gasteiger partial charge in [-0.2, -0.15) is 4.31 Å². The monoisotopic (exact) mass is 594 g/mol. The third kappa shape index (κ3) is 6.39. The maximum absolute atomic E-state index is 14.9. The fourth-order valence-corrected chi connectivity index (χ4v) is 7.38. The van der Waals surface area contributed by atoms with Crippen LogP contribution in [0.15, 0.2) is 40.4 Å². The largest absolute Gasteiger partial charge is 0.493 e. The first-order valence-corrected chi connectivity index (χ1v) is 15.7. The average molecular weight is 595 g/mol. The summed E-state index contributed by atoms with van der Waals surface area (Å²) in [6.45, 7) is 6.34. The summed E-state index contributed by atoms with van der Waals surface area (Å²) in [5.41, 5.74) is 1.90. The molecule has 0 atom stereocenters. The van der Waals surface area contributed by atoms with Gasteiger partial charge >= 0.3 is 0 Å². The number of halogens is 1. The summed E-state index contributed by atoms with van der Waals surface area (Å²) in [7, 11) is -0.673. The minimum atomic E-state index is -3.66. The normalized spacial score (nSPS) is 17.4. The van der Waals surface area contributed by atoms with Crippen LogP contribution in [0.2, 0.25) is 0 Å². The van der Waals surface area contributed by atoms with Gasteiger partial charge in [0.2, 0.25) is 10.0 Å². The number of nitrogens with zero attached hydrogens (tertiary/aromatic N) is 4. The molecular weight excluding hydrogens is 559 g/mol. The lowest BCUT2D eigenvalue weighted by Crippen LogP contribution is -2.40. The van der Waals surface area contributed by atoms with Crippen molar-refractivity contribution in [1.29, 1.82) is 0 Å². The molecule has 2 fully saturated rings. The van der Waals surface area contributed by atoms with Crippen molar-refractivity contribution in [3.63, 3.8) is 0 Å². The van der Waals surface area contributed by atoms with E-state index in [9.17, 15) is 12.8 Å². The maximum Gasteiger partial charge on any atom is 0.243 e. The van der Waals surface area contributed by atoms with Crippen molar-refractivity contribution in [3.05, 3.63) is 41.7 Å². The minimum Gasteiger partial charge on any atom is -0.493 e. The Labute approximate surface area is 238 Å². The predicted molar refractivity (Wildman–Crippen MR) is 150 cm³/mol. The van der Waals surface area contributed by atoms with Crippen molar-refractivity contribution < 1.29 is 31.8 Å². The lowest BCUT2D eigenvalue weighted by atomic mass is 10.2. The average Bonchev–Trinajstić information content (AvgIpc) is 3.33. The topological polar surface area (TPSA) is 95.4 Å². The van der Waals surface area contributed by atoms with E-state index in [0.717, 1.165) is 44.8 Å². The molecule has 0 unspecified atom stereocenters. The zero-order valence-corrected chi connectivity index (χ0v) is 24.4. The highest BCUT2D eigenvalue weighted by atomic mass is 32.2. The molecule has 3 aromatic rings. The molecule has 1 aromatic heterocycles. The molecule has 2 saturated heterocycles. The number of aromatic nitrogens is 2. The number of aryl methyl sites for hydroxylation is 1. The van der Waals surface area contributed by atoms with Crippen LogP contribution >= 0.6 is 11.8 Å². The summed E-state index contributed by atoms with van der Waals surface area (Å²) in [5.74, 6) is 0.714. The van der Waals surface area contributed by atoms with E-state index in [1.54, 1.807) is 18.2 Å². The SMILES string of the molecule is COc1cc(F)c(CSc2nc3cc(S(=O)(=O)N4CCOCC4)ccc3n2CCCN2CCOCC2)cc1OC. The number of sulfonamides is 1. The van der Waals surface area contributed by atoms with Crippen LogP contribution in [0.3, 0.4) is 0 Å². The van der Waals surface area contributed by atoms with Gasteiger partial charge in [0.15, 0.2) is 16.7 Å². The first kappa shape index (κ1) is 29.1. The molecule has 0 bridgehead atoms. The van der Waals surface area contributed by atoms with Gasteiger partial charge in [-0.25, -0.2) is 17.8 Å². The van der Waals surface area contributed by atoms with E-state index in [4.69, 9.17) is 23.9 Å². The minimum absolute atomic E-state index is 0.211. The van der Waals surface area contributed by atoms with Crippen LogP contribution in [-0.2, 0) is 31.8 Å². The molecule has 218 valence electrons. The van der Waals surface area contributed by atoms with Crippen molar-refractivity contribution in [1.82, 2.24) is 18.8 Å². The zero-order valence-electron chi connectivity index (χ0n) is 22.8. The first-order chi connectivity index (χ1) is 19.4. The molecular formula is C27H35FN4O6S2. The zero-order chi connectivity index (χ0) is 28.1. The molecule has 0 aliphatic carbocycles. The Morgan fingerprint density at radius 3 is 2.33 bits per heavy atom. The summed E-state index contributed by atoms with van der Waals surface area (Å²) in [4.78, 5) is 7.41. The number of thioether (sulfide) groups is 1. The fraction of sp³-hybridized carbons (Fsp3) is 0.519. The van der Waals surface area contributed by atoms with E-state index in [2.05, 4.69) is 9.47 Å². The molecule has 2 aliphatic rings. The van der Waals surface area contributed by atoms with Crippen LogP contribution < -0.4 is 9.47 Å². The summed E-state index contributed by atoms with van der Waals surface area (Å²) in [5, 5.41) is 0.701. The molecule has 3 heterocycles. The van der Waals surface area contributed by atoms with E-state index in [0.29, 0.717) is 66.3 Å². The van der Waals surface area contributed by atoms with Crippen molar-refractivity contribution in [3.8, 4) is 11.5 Å². The summed E-state index contributed by atoms with van der Waals surface area (Å²) in [6, 6.07) is 8.07. The number of fused-ring (bicyclic) bond motifs is 1. The number of rotatable bonds is 11. The highest BCUT2D eigenvalue weighted by molar-refractivity contribution is 7.98. The molecule has 0 amide bonds. The second-order valence-electron chi connectivity index (χ2n) is 9.61. The van der Waals surface area contributed by atoms with Gasteiger partial charge in [-0.1, -0.05) is 11.8 Å². The second kappa shape index (κ2) is 13.0. The Balaban J connectivity index is 1.42. The van der Waals surface area contributed by atoms with Crippen molar-refractivity contribution in [2.75, 3.05) is 73.4 Å². The third-order valence-electron chi connectivity index (χ3n) is 7.16. The van der Waals surface area contributed by atoms with E-state index < -0.39 is 10.0 Å². The Hall–Kier alpha value is -2.42. The molecule has 13 heteroatoms. The highest BCUT2D eigenvalue weighted by Gasteiger charge is 2.27. The smallest absolute Gasteiger partial charge is 0.243 e. The van der Waals surface area contributed by atoms with Gasteiger partial charge in [-0.15, -0.1) is 0 Å². The number of ether oxygens (including phenoxy) is 4. The number of hydrogen-bond acceptors (Lipinski definition) is 9. The maximum atomic E-state index is 14.9. The molecule has 40 heavy (non-hydrogen) atoms. The van der Waals surface area contributed by atoms with Crippen molar-refractivity contribution >= 4 is 32.8 Å². The van der Waals surface area contributed by atoms with Gasteiger partial charge in [0.1, 0.15) is 5.82 Å². The van der Waals surface area contributed by atoms with Gasteiger partial charge in [0, 0.05) is 56.7 Å². The quantitative estimate of drug-likeness (QED) is 0.310. The second-order valence-corrected chi connectivity index (χ2v) is 12.5. The van der Waals surface area contributed by atoms with Gasteiger partial charge < -0.3 is 23.5 Å². The number of imidazole rings is 1. The Kier molecular flexibility index (Phi) is 9.49. The molecule has 10 nitrogen and oxygen atoms in total. The summed E-state index contributed by atoms with van der Waals surface area (Å²) >= 11 is 1.41. The van der Waals surface area contributed by atoms with Crippen LogP contribution in [0.1, 0.15) is 12.0 Å². The third-order valence-corrected chi connectivity index (χ3v) is 10.1. The van der Waals surface area contributed by atoms with Gasteiger partial charge in [-0.3, -0.25) is 4.90 Å².